The number of carbonyl (C=O) groups is 1. The zero-order chi connectivity index (χ0) is 20.1. The number of carbonyl (C=O) groups excluding carboxylic acids is 1. The van der Waals surface area contributed by atoms with E-state index in [2.05, 4.69) is 26.6 Å². The first-order valence-electron chi connectivity index (χ1n) is 9.67. The Morgan fingerprint density at radius 1 is 1.14 bits per heavy atom. The van der Waals surface area contributed by atoms with E-state index in [4.69, 9.17) is 9.15 Å². The van der Waals surface area contributed by atoms with E-state index in [1.165, 1.54) is 0 Å². The molecule has 150 valence electrons. The van der Waals surface area contributed by atoms with Crippen LogP contribution in [0.2, 0.25) is 0 Å². The minimum Gasteiger partial charge on any atom is -0.439 e. The summed E-state index contributed by atoms with van der Waals surface area (Å²) in [6.07, 6.45) is 1.67. The van der Waals surface area contributed by atoms with Crippen LogP contribution < -0.4 is 15.5 Å². The predicted molar refractivity (Wildman–Crippen MR) is 112 cm³/mol. The maximum atomic E-state index is 12.3. The lowest BCUT2D eigenvalue weighted by Gasteiger charge is -2.29. The van der Waals surface area contributed by atoms with Gasteiger partial charge in [0.15, 0.2) is 5.76 Å². The molecule has 1 aromatic heterocycles. The Kier molecular flexibility index (Phi) is 5.76. The van der Waals surface area contributed by atoms with E-state index in [-0.39, 0.29) is 12.6 Å². The molecule has 1 saturated heterocycles. The number of oxazole rings is 1. The summed E-state index contributed by atoms with van der Waals surface area (Å²) in [6, 6.07) is 15.5. The smallest absolute Gasteiger partial charge is 0.319 e. The van der Waals surface area contributed by atoms with Gasteiger partial charge in [0.2, 0.25) is 5.89 Å². The fraction of sp³-hybridized carbons (Fsp3) is 0.273. The average Bonchev–Trinajstić information content (AvgIpc) is 3.24. The number of urea groups is 1. The number of anilines is 2. The normalized spacial score (nSPS) is 13.9. The summed E-state index contributed by atoms with van der Waals surface area (Å²) in [5, 5.41) is 5.67. The summed E-state index contributed by atoms with van der Waals surface area (Å²) >= 11 is 0. The van der Waals surface area contributed by atoms with Crippen LogP contribution in [-0.2, 0) is 11.3 Å². The molecule has 2 N–H and O–H groups in total. The molecular weight excluding hydrogens is 368 g/mol. The fourth-order valence-electron chi connectivity index (χ4n) is 3.26. The molecule has 0 saturated carbocycles. The monoisotopic (exact) mass is 392 g/mol. The van der Waals surface area contributed by atoms with Gasteiger partial charge in [0.1, 0.15) is 0 Å². The largest absolute Gasteiger partial charge is 0.439 e. The van der Waals surface area contributed by atoms with Crippen molar-refractivity contribution >= 4 is 17.4 Å². The van der Waals surface area contributed by atoms with Gasteiger partial charge in [0, 0.05) is 30.0 Å². The van der Waals surface area contributed by atoms with Gasteiger partial charge in [-0.25, -0.2) is 9.78 Å². The lowest BCUT2D eigenvalue weighted by atomic mass is 10.1. The summed E-state index contributed by atoms with van der Waals surface area (Å²) in [7, 11) is 0. The predicted octanol–water partition coefficient (Wildman–Crippen LogP) is 3.81. The Morgan fingerprint density at radius 3 is 2.69 bits per heavy atom. The van der Waals surface area contributed by atoms with Crippen LogP contribution in [0.4, 0.5) is 16.2 Å². The summed E-state index contributed by atoms with van der Waals surface area (Å²) in [5.74, 6) is 1.13. The van der Waals surface area contributed by atoms with Crippen molar-refractivity contribution in [1.82, 2.24) is 10.3 Å². The minimum absolute atomic E-state index is 0.212. The van der Waals surface area contributed by atoms with Crippen molar-refractivity contribution < 1.29 is 13.9 Å². The van der Waals surface area contributed by atoms with E-state index >= 15 is 0 Å². The molecule has 1 aliphatic heterocycles. The first-order chi connectivity index (χ1) is 14.2. The molecule has 1 aliphatic rings. The van der Waals surface area contributed by atoms with Gasteiger partial charge in [0.05, 0.1) is 26.0 Å². The zero-order valence-electron chi connectivity index (χ0n) is 16.4. The van der Waals surface area contributed by atoms with Crippen LogP contribution in [0.15, 0.2) is 59.1 Å². The van der Waals surface area contributed by atoms with Gasteiger partial charge in [-0.05, 0) is 30.7 Å². The second kappa shape index (κ2) is 8.79. The van der Waals surface area contributed by atoms with Gasteiger partial charge in [-0.3, -0.25) is 0 Å². The number of amides is 2. The molecule has 0 aliphatic carbocycles. The van der Waals surface area contributed by atoms with E-state index in [0.29, 0.717) is 11.7 Å². The van der Waals surface area contributed by atoms with Crippen molar-refractivity contribution in [2.45, 2.75) is 13.5 Å². The lowest BCUT2D eigenvalue weighted by molar-refractivity contribution is 0.122. The summed E-state index contributed by atoms with van der Waals surface area (Å²) < 4.78 is 11.1. The second-order valence-electron chi connectivity index (χ2n) is 6.89. The molecule has 0 unspecified atom stereocenters. The number of hydrogen-bond donors (Lipinski definition) is 2. The maximum absolute atomic E-state index is 12.3. The third kappa shape index (κ3) is 4.75. The average molecular weight is 392 g/mol. The van der Waals surface area contributed by atoms with Gasteiger partial charge < -0.3 is 24.7 Å². The van der Waals surface area contributed by atoms with Crippen LogP contribution >= 0.6 is 0 Å². The molecule has 3 aromatic rings. The van der Waals surface area contributed by atoms with Crippen molar-refractivity contribution in [3.8, 4) is 11.3 Å². The molecule has 4 rings (SSSR count). The third-order valence-electron chi connectivity index (χ3n) is 4.85. The van der Waals surface area contributed by atoms with Crippen LogP contribution in [0.25, 0.3) is 11.3 Å². The number of nitrogens with zero attached hydrogens (tertiary/aromatic N) is 2. The topological polar surface area (TPSA) is 79.6 Å². The number of aromatic nitrogens is 1. The van der Waals surface area contributed by atoms with E-state index in [1.54, 1.807) is 6.20 Å². The van der Waals surface area contributed by atoms with Gasteiger partial charge >= 0.3 is 6.03 Å². The first kappa shape index (κ1) is 19.0. The summed E-state index contributed by atoms with van der Waals surface area (Å²) in [5.41, 5.74) is 3.88. The Bertz CT molecular complexity index is 965. The zero-order valence-corrected chi connectivity index (χ0v) is 16.4. The molecule has 2 heterocycles. The van der Waals surface area contributed by atoms with Crippen molar-refractivity contribution in [2.24, 2.45) is 0 Å². The molecule has 2 amide bonds. The van der Waals surface area contributed by atoms with Crippen LogP contribution in [-0.4, -0.2) is 37.3 Å². The van der Waals surface area contributed by atoms with Gasteiger partial charge in [0.25, 0.3) is 0 Å². The van der Waals surface area contributed by atoms with E-state index < -0.39 is 0 Å². The molecule has 2 aromatic carbocycles. The van der Waals surface area contributed by atoms with Crippen molar-refractivity contribution in [2.75, 3.05) is 36.5 Å². The molecular formula is C22H24N4O3. The molecule has 0 atom stereocenters. The van der Waals surface area contributed by atoms with Crippen molar-refractivity contribution in [1.29, 1.82) is 0 Å². The minimum atomic E-state index is -0.299. The van der Waals surface area contributed by atoms with Crippen LogP contribution in [0.3, 0.4) is 0 Å². The number of aryl methyl sites for hydroxylation is 1. The summed E-state index contributed by atoms with van der Waals surface area (Å²) in [4.78, 5) is 18.8. The Labute approximate surface area is 169 Å². The lowest BCUT2D eigenvalue weighted by Crippen LogP contribution is -2.36. The molecule has 29 heavy (non-hydrogen) atoms. The molecule has 7 heteroatoms. The fourth-order valence-corrected chi connectivity index (χ4v) is 3.26. The standard InChI is InChI=1S/C22H24N4O3/c1-16-13-18(26-9-11-28-12-10-26)7-8-19(16)25-22(27)24-15-21-23-14-20(29-21)17-5-3-2-4-6-17/h2-8,13-14H,9-12,15H2,1H3,(H2,24,25,27). The van der Waals surface area contributed by atoms with Crippen molar-refractivity contribution in [3.05, 3.63) is 66.2 Å². The second-order valence-corrected chi connectivity index (χ2v) is 6.89. The van der Waals surface area contributed by atoms with Gasteiger partial charge in [-0.1, -0.05) is 30.3 Å². The van der Waals surface area contributed by atoms with E-state index in [1.807, 2.05) is 49.4 Å². The third-order valence-corrected chi connectivity index (χ3v) is 4.85. The molecule has 7 nitrogen and oxygen atoms in total. The number of nitrogens with one attached hydrogen (secondary N) is 2. The van der Waals surface area contributed by atoms with E-state index in [9.17, 15) is 4.79 Å². The van der Waals surface area contributed by atoms with Gasteiger partial charge in [-0.15, -0.1) is 0 Å². The Morgan fingerprint density at radius 2 is 1.93 bits per heavy atom. The van der Waals surface area contributed by atoms with Gasteiger partial charge in [-0.2, -0.15) is 0 Å². The van der Waals surface area contributed by atoms with Crippen LogP contribution in [0, 0.1) is 6.92 Å². The molecule has 0 radical (unpaired) electrons. The summed E-state index contributed by atoms with van der Waals surface area (Å²) in [6.45, 7) is 5.45. The first-order valence-corrected chi connectivity index (χ1v) is 9.67. The van der Waals surface area contributed by atoms with Crippen molar-refractivity contribution in [3.63, 3.8) is 0 Å². The highest BCUT2D eigenvalue weighted by Crippen LogP contribution is 2.23. The van der Waals surface area contributed by atoms with Crippen LogP contribution in [0.1, 0.15) is 11.5 Å². The number of rotatable bonds is 5. The van der Waals surface area contributed by atoms with Crippen LogP contribution in [0.5, 0.6) is 0 Å². The SMILES string of the molecule is Cc1cc(N2CCOCC2)ccc1NC(=O)NCc1ncc(-c2ccccc2)o1. The highest BCUT2D eigenvalue weighted by atomic mass is 16.5. The number of benzene rings is 2. The quantitative estimate of drug-likeness (QED) is 0.690. The Hall–Kier alpha value is -3.32. The number of morpholine rings is 1. The van der Waals surface area contributed by atoms with E-state index in [0.717, 1.165) is 48.8 Å². The molecule has 0 spiro atoms. The number of hydrogen-bond acceptors (Lipinski definition) is 5. The number of ether oxygens (including phenoxy) is 1. The molecule has 1 fully saturated rings. The Balaban J connectivity index is 1.32. The highest BCUT2D eigenvalue weighted by molar-refractivity contribution is 5.90. The highest BCUT2D eigenvalue weighted by Gasteiger charge is 2.13. The maximum Gasteiger partial charge on any atom is 0.319 e. The molecule has 0 bridgehead atoms.